The van der Waals surface area contributed by atoms with Crippen LogP contribution in [0.3, 0.4) is 0 Å². The fourth-order valence-electron chi connectivity index (χ4n) is 2.66. The van der Waals surface area contributed by atoms with E-state index < -0.39 is 0 Å². The Balaban J connectivity index is 1.98. The molecule has 3 heteroatoms. The second-order valence-electron chi connectivity index (χ2n) is 4.94. The maximum Gasteiger partial charge on any atom is 0.222 e. The molecule has 2 rings (SSSR count). The molecule has 1 aliphatic carbocycles. The Morgan fingerprint density at radius 2 is 2.00 bits per heavy atom. The topological polar surface area (TPSA) is 37.8 Å². The summed E-state index contributed by atoms with van der Waals surface area (Å²) in [4.78, 5) is 8.61. The quantitative estimate of drug-likeness (QED) is 0.849. The van der Waals surface area contributed by atoms with E-state index >= 15 is 0 Å². The molecule has 0 aromatic carbocycles. The van der Waals surface area contributed by atoms with Crippen molar-refractivity contribution in [3.05, 3.63) is 18.0 Å². The summed E-state index contributed by atoms with van der Waals surface area (Å²) in [6.07, 6.45) is 7.60. The Morgan fingerprint density at radius 3 is 2.56 bits per heavy atom. The van der Waals surface area contributed by atoms with Crippen LogP contribution in [0.5, 0.6) is 0 Å². The normalized spacial score (nSPS) is 29.3. The number of hydrogen-bond acceptors (Lipinski definition) is 3. The van der Waals surface area contributed by atoms with Gasteiger partial charge in [0.1, 0.15) is 0 Å². The highest BCUT2D eigenvalue weighted by molar-refractivity contribution is 5.27. The molecule has 0 saturated heterocycles. The minimum atomic E-state index is 0.549. The van der Waals surface area contributed by atoms with Crippen molar-refractivity contribution in [2.45, 2.75) is 46.1 Å². The highest BCUT2D eigenvalue weighted by Gasteiger charge is 2.31. The number of nitrogens with one attached hydrogen (secondary N) is 1. The molecule has 3 nitrogen and oxygen atoms in total. The second kappa shape index (κ2) is 4.81. The van der Waals surface area contributed by atoms with Crippen LogP contribution in [-0.2, 0) is 0 Å². The van der Waals surface area contributed by atoms with Crippen LogP contribution < -0.4 is 5.32 Å². The highest BCUT2D eigenvalue weighted by Crippen LogP contribution is 2.35. The first-order valence-corrected chi connectivity index (χ1v) is 6.26. The monoisotopic (exact) mass is 219 g/mol. The van der Waals surface area contributed by atoms with Gasteiger partial charge in [0.15, 0.2) is 0 Å². The van der Waals surface area contributed by atoms with Gasteiger partial charge in [-0.3, -0.25) is 0 Å². The van der Waals surface area contributed by atoms with Gasteiger partial charge in [-0.05, 0) is 37.2 Å². The van der Waals surface area contributed by atoms with E-state index in [1.807, 2.05) is 19.3 Å². The van der Waals surface area contributed by atoms with E-state index in [-0.39, 0.29) is 0 Å². The summed E-state index contributed by atoms with van der Waals surface area (Å²) in [5.41, 5.74) is 1.11. The lowest BCUT2D eigenvalue weighted by Gasteiger charge is -2.20. The molecule has 1 saturated carbocycles. The molecule has 0 radical (unpaired) electrons. The van der Waals surface area contributed by atoms with Crippen LogP contribution in [0.15, 0.2) is 12.4 Å². The summed E-state index contributed by atoms with van der Waals surface area (Å²) in [6, 6.07) is 0.549. The van der Waals surface area contributed by atoms with Crippen LogP contribution in [0.2, 0.25) is 0 Å². The average Bonchev–Trinajstić information content (AvgIpc) is 2.63. The smallest absolute Gasteiger partial charge is 0.222 e. The Morgan fingerprint density at radius 1 is 1.31 bits per heavy atom. The summed E-state index contributed by atoms with van der Waals surface area (Å²) in [5.74, 6) is 2.37. The van der Waals surface area contributed by atoms with E-state index in [0.29, 0.717) is 6.04 Å². The van der Waals surface area contributed by atoms with Crippen molar-refractivity contribution in [1.29, 1.82) is 0 Å². The second-order valence-corrected chi connectivity index (χ2v) is 4.94. The number of hydrogen-bond donors (Lipinski definition) is 1. The van der Waals surface area contributed by atoms with Crippen molar-refractivity contribution in [1.82, 2.24) is 9.97 Å². The van der Waals surface area contributed by atoms with Crippen LogP contribution >= 0.6 is 0 Å². The van der Waals surface area contributed by atoms with Crippen molar-refractivity contribution < 1.29 is 0 Å². The summed E-state index contributed by atoms with van der Waals surface area (Å²) in [7, 11) is 0. The Bertz CT molecular complexity index is 334. The lowest BCUT2D eigenvalue weighted by atomic mass is 9.94. The maximum atomic E-state index is 4.30. The standard InChI is InChI=1S/C13H21N3/c1-4-11-5-6-12(10(11)3)16-13-14-7-9(2)8-15-13/h7-8,10-12H,4-6H2,1-3H3,(H,14,15,16). The molecule has 1 fully saturated rings. The van der Waals surface area contributed by atoms with Crippen molar-refractivity contribution >= 4 is 5.95 Å². The molecule has 88 valence electrons. The van der Waals surface area contributed by atoms with Crippen LogP contribution in [0.1, 0.15) is 38.7 Å². The van der Waals surface area contributed by atoms with Crippen molar-refractivity contribution in [3.63, 3.8) is 0 Å². The van der Waals surface area contributed by atoms with E-state index in [2.05, 4.69) is 29.1 Å². The van der Waals surface area contributed by atoms with Crippen molar-refractivity contribution in [2.75, 3.05) is 5.32 Å². The molecular formula is C13H21N3. The fourth-order valence-corrected chi connectivity index (χ4v) is 2.66. The highest BCUT2D eigenvalue weighted by atomic mass is 15.1. The summed E-state index contributed by atoms with van der Waals surface area (Å²) in [5, 5.41) is 3.46. The number of aryl methyl sites for hydroxylation is 1. The number of aromatic nitrogens is 2. The first kappa shape index (κ1) is 11.4. The first-order chi connectivity index (χ1) is 7.70. The van der Waals surface area contributed by atoms with Crippen LogP contribution in [0, 0.1) is 18.8 Å². The van der Waals surface area contributed by atoms with Gasteiger partial charge in [0.25, 0.3) is 0 Å². The van der Waals surface area contributed by atoms with Gasteiger partial charge in [-0.2, -0.15) is 0 Å². The average molecular weight is 219 g/mol. The molecule has 1 N–H and O–H groups in total. The maximum absolute atomic E-state index is 4.30. The zero-order chi connectivity index (χ0) is 11.5. The molecular weight excluding hydrogens is 198 g/mol. The van der Waals surface area contributed by atoms with Crippen molar-refractivity contribution in [2.24, 2.45) is 11.8 Å². The minimum Gasteiger partial charge on any atom is -0.351 e. The first-order valence-electron chi connectivity index (χ1n) is 6.26. The Labute approximate surface area is 97.7 Å². The van der Waals surface area contributed by atoms with Crippen LogP contribution in [0.4, 0.5) is 5.95 Å². The molecule has 1 heterocycles. The Kier molecular flexibility index (Phi) is 3.42. The molecule has 0 amide bonds. The summed E-state index contributed by atoms with van der Waals surface area (Å²) < 4.78 is 0. The third kappa shape index (κ3) is 2.34. The van der Waals surface area contributed by atoms with Gasteiger partial charge in [0.2, 0.25) is 5.95 Å². The lowest BCUT2D eigenvalue weighted by molar-refractivity contribution is 0.391. The zero-order valence-corrected chi connectivity index (χ0v) is 10.4. The van der Waals surface area contributed by atoms with Gasteiger partial charge in [-0.1, -0.05) is 20.3 Å². The molecule has 3 unspecified atom stereocenters. The van der Waals surface area contributed by atoms with Crippen LogP contribution in [0.25, 0.3) is 0 Å². The van der Waals surface area contributed by atoms with Gasteiger partial charge >= 0.3 is 0 Å². The lowest BCUT2D eigenvalue weighted by Crippen LogP contribution is -2.25. The van der Waals surface area contributed by atoms with Gasteiger partial charge in [-0.25, -0.2) is 9.97 Å². The molecule has 1 aromatic rings. The van der Waals surface area contributed by atoms with Crippen molar-refractivity contribution in [3.8, 4) is 0 Å². The Hall–Kier alpha value is -1.12. The SMILES string of the molecule is CCC1CCC(Nc2ncc(C)cn2)C1C. The third-order valence-corrected chi connectivity index (χ3v) is 3.85. The van der Waals surface area contributed by atoms with E-state index in [4.69, 9.17) is 0 Å². The van der Waals surface area contributed by atoms with E-state index in [1.165, 1.54) is 19.3 Å². The van der Waals surface area contributed by atoms with E-state index in [0.717, 1.165) is 23.3 Å². The van der Waals surface area contributed by atoms with E-state index in [1.54, 1.807) is 0 Å². The summed E-state index contributed by atoms with van der Waals surface area (Å²) >= 11 is 0. The minimum absolute atomic E-state index is 0.549. The molecule has 1 aromatic heterocycles. The largest absolute Gasteiger partial charge is 0.351 e. The van der Waals surface area contributed by atoms with Crippen LogP contribution in [-0.4, -0.2) is 16.0 Å². The van der Waals surface area contributed by atoms with E-state index in [9.17, 15) is 0 Å². The molecule has 0 bridgehead atoms. The number of anilines is 1. The summed E-state index contributed by atoms with van der Waals surface area (Å²) in [6.45, 7) is 6.63. The molecule has 3 atom stereocenters. The third-order valence-electron chi connectivity index (χ3n) is 3.85. The fraction of sp³-hybridized carbons (Fsp3) is 0.692. The molecule has 0 aliphatic heterocycles. The van der Waals surface area contributed by atoms with Gasteiger partial charge in [0, 0.05) is 18.4 Å². The molecule has 0 spiro atoms. The van der Waals surface area contributed by atoms with Gasteiger partial charge in [0.05, 0.1) is 0 Å². The molecule has 1 aliphatic rings. The van der Waals surface area contributed by atoms with Gasteiger partial charge < -0.3 is 5.32 Å². The zero-order valence-electron chi connectivity index (χ0n) is 10.4. The predicted molar refractivity (Wildman–Crippen MR) is 66.4 cm³/mol. The predicted octanol–water partition coefficient (Wildman–Crippen LogP) is 3.02. The number of rotatable bonds is 3. The number of nitrogens with zero attached hydrogens (tertiary/aromatic N) is 2. The molecule has 16 heavy (non-hydrogen) atoms. The van der Waals surface area contributed by atoms with Gasteiger partial charge in [-0.15, -0.1) is 0 Å².